The van der Waals surface area contributed by atoms with Crippen molar-refractivity contribution in [3.05, 3.63) is 76.7 Å². The van der Waals surface area contributed by atoms with Gasteiger partial charge in [0.15, 0.2) is 5.82 Å². The molecule has 2 aromatic carbocycles. The number of carbonyl (C=O) groups is 3. The predicted molar refractivity (Wildman–Crippen MR) is 280 cm³/mol. The summed E-state index contributed by atoms with van der Waals surface area (Å²) in [6.45, 7) is 15.0. The molecule has 1 atom stereocenters. The Bertz CT molecular complexity index is 2680. The Kier molecular flexibility index (Phi) is 15.3. The topological polar surface area (TPSA) is 203 Å². The molecule has 3 aliphatic heterocycles. The monoisotopic (exact) mass is 1020 g/mol. The standard InChI is InChI=1S/C54H69ClN12O6/c1-8-42-48(70)64(6)43-32-57-51(62-45(43)67(42)37-11-9-10-12-37)61-41-16-14-33(27-44(41)71-7)46(68)60-36-17-21-65(22-18-36)25-26-72-38-19-23-66(24-20-38)52-58-30-35(31-59-52)47(69)63-49-53(2,3)50(54(49,4)5)73-39-15-13-34(29-56)40(55)28-39/h13-16,27-28,30-32,36-38,42,49-50H,8-12,17-26H2,1-7H3,(H,60,68)(H,63,69)(H,57,61,62)/t42-,49?,50?/m1/s1. The number of likely N-dealkylation sites (tertiary alicyclic amines) is 1. The van der Waals surface area contributed by atoms with E-state index in [1.807, 2.05) is 13.0 Å². The molecule has 5 aliphatic rings. The number of anilines is 5. The van der Waals surface area contributed by atoms with Crippen molar-refractivity contribution in [3.8, 4) is 17.6 Å². The summed E-state index contributed by atoms with van der Waals surface area (Å²) in [5, 5.41) is 19.3. The molecule has 0 spiro atoms. The van der Waals surface area contributed by atoms with Crippen LogP contribution in [0.25, 0.3) is 0 Å². The molecule has 2 saturated carbocycles. The third-order valence-corrected chi connectivity index (χ3v) is 16.2. The van der Waals surface area contributed by atoms with Gasteiger partial charge in [0.05, 0.1) is 47.9 Å². The number of hydrogen-bond acceptors (Lipinski definition) is 15. The molecule has 4 fully saturated rings. The lowest BCUT2D eigenvalue weighted by Crippen LogP contribution is -2.74. The van der Waals surface area contributed by atoms with E-state index < -0.39 is 10.8 Å². The molecule has 2 aromatic heterocycles. The molecule has 3 amide bonds. The van der Waals surface area contributed by atoms with Crippen LogP contribution in [0.15, 0.2) is 55.0 Å². The van der Waals surface area contributed by atoms with Gasteiger partial charge in [0.2, 0.25) is 17.8 Å². The molecule has 0 unspecified atom stereocenters. The minimum Gasteiger partial charge on any atom is -0.495 e. The largest absolute Gasteiger partial charge is 0.495 e. The van der Waals surface area contributed by atoms with Crippen LogP contribution in [0.4, 0.5) is 29.1 Å². The van der Waals surface area contributed by atoms with Gasteiger partial charge < -0.3 is 49.8 Å². The zero-order valence-electron chi connectivity index (χ0n) is 43.1. The number of nitrogens with one attached hydrogen (secondary N) is 3. The second kappa shape index (κ2) is 21.7. The van der Waals surface area contributed by atoms with Gasteiger partial charge in [-0.15, -0.1) is 0 Å². The van der Waals surface area contributed by atoms with Gasteiger partial charge in [-0.3, -0.25) is 14.4 Å². The molecule has 19 heteroatoms. The minimum atomic E-state index is -0.392. The fraction of sp³-hybridized carbons (Fsp3) is 0.556. The number of methoxy groups -OCH3 is 1. The molecule has 388 valence electrons. The number of aromatic nitrogens is 4. The van der Waals surface area contributed by atoms with Crippen LogP contribution in [-0.2, 0) is 9.53 Å². The quantitative estimate of drug-likeness (QED) is 0.0993. The van der Waals surface area contributed by atoms with E-state index in [1.54, 1.807) is 68.0 Å². The second-order valence-corrected chi connectivity index (χ2v) is 21.7. The van der Waals surface area contributed by atoms with Gasteiger partial charge in [-0.1, -0.05) is 59.1 Å². The molecule has 0 bridgehead atoms. The first kappa shape index (κ1) is 51.6. The summed E-state index contributed by atoms with van der Waals surface area (Å²) < 4.78 is 18.5. The zero-order chi connectivity index (χ0) is 51.6. The van der Waals surface area contributed by atoms with Crippen LogP contribution in [0.2, 0.25) is 5.02 Å². The van der Waals surface area contributed by atoms with Crippen LogP contribution in [0.3, 0.4) is 0 Å². The molecule has 4 aromatic rings. The molecule has 2 aliphatic carbocycles. The third-order valence-electron chi connectivity index (χ3n) is 15.9. The highest BCUT2D eigenvalue weighted by molar-refractivity contribution is 6.31. The van der Waals surface area contributed by atoms with Crippen molar-refractivity contribution >= 4 is 58.4 Å². The Balaban J connectivity index is 0.686. The number of amides is 3. The minimum absolute atomic E-state index is 0.0600. The summed E-state index contributed by atoms with van der Waals surface area (Å²) in [4.78, 5) is 67.4. The average molecular weight is 1020 g/mol. The molecule has 73 heavy (non-hydrogen) atoms. The molecule has 2 saturated heterocycles. The third kappa shape index (κ3) is 10.7. The summed E-state index contributed by atoms with van der Waals surface area (Å²) in [6.07, 6.45) is 13.3. The number of rotatable bonds is 16. The highest BCUT2D eigenvalue weighted by Gasteiger charge is 2.64. The maximum absolute atomic E-state index is 13.5. The van der Waals surface area contributed by atoms with Crippen molar-refractivity contribution in [2.45, 2.75) is 129 Å². The second-order valence-electron chi connectivity index (χ2n) is 21.3. The zero-order valence-corrected chi connectivity index (χ0v) is 43.9. The molecule has 3 N–H and O–H groups in total. The summed E-state index contributed by atoms with van der Waals surface area (Å²) in [7, 11) is 3.37. The number of carbonyl (C=O) groups excluding carboxylic acids is 3. The van der Waals surface area contributed by atoms with Crippen molar-refractivity contribution in [1.82, 2.24) is 35.5 Å². The number of benzene rings is 2. The Hall–Kier alpha value is -6.29. The normalized spacial score (nSPS) is 22.3. The Morgan fingerprint density at radius 2 is 1.58 bits per heavy atom. The lowest BCUT2D eigenvalue weighted by atomic mass is 9.49. The van der Waals surface area contributed by atoms with E-state index in [1.165, 1.54) is 0 Å². The van der Waals surface area contributed by atoms with Gasteiger partial charge in [0, 0.05) is 92.8 Å². The number of halogens is 1. The van der Waals surface area contributed by atoms with Crippen LogP contribution in [0.1, 0.15) is 119 Å². The molecular formula is C54H69ClN12O6. The van der Waals surface area contributed by atoms with Gasteiger partial charge in [-0.25, -0.2) is 15.0 Å². The van der Waals surface area contributed by atoms with Crippen molar-refractivity contribution in [3.63, 3.8) is 0 Å². The predicted octanol–water partition coefficient (Wildman–Crippen LogP) is 7.54. The van der Waals surface area contributed by atoms with E-state index in [9.17, 15) is 19.6 Å². The van der Waals surface area contributed by atoms with E-state index in [0.29, 0.717) is 69.5 Å². The molecule has 9 rings (SSSR count). The summed E-state index contributed by atoms with van der Waals surface area (Å²) >= 11 is 6.26. The molecule has 0 radical (unpaired) electrons. The molecule has 5 heterocycles. The lowest BCUT2D eigenvalue weighted by Gasteiger charge is -2.63. The number of hydrogen-bond donors (Lipinski definition) is 3. The summed E-state index contributed by atoms with van der Waals surface area (Å²) in [5.74, 6) is 2.52. The number of nitrogens with zero attached hydrogens (tertiary/aromatic N) is 9. The first-order valence-corrected chi connectivity index (χ1v) is 26.2. The van der Waals surface area contributed by atoms with E-state index in [2.05, 4.69) is 79.4 Å². The van der Waals surface area contributed by atoms with Crippen LogP contribution in [-0.4, -0.2) is 132 Å². The first-order valence-electron chi connectivity index (χ1n) is 25.9. The van der Waals surface area contributed by atoms with Crippen molar-refractivity contribution < 1.29 is 28.6 Å². The van der Waals surface area contributed by atoms with Crippen LogP contribution < -0.4 is 40.1 Å². The summed E-state index contributed by atoms with van der Waals surface area (Å²) in [5.41, 5.74) is 1.85. The maximum atomic E-state index is 13.5. The fourth-order valence-electron chi connectivity index (χ4n) is 12.1. The van der Waals surface area contributed by atoms with Crippen LogP contribution in [0, 0.1) is 22.2 Å². The fourth-order valence-corrected chi connectivity index (χ4v) is 12.3. The van der Waals surface area contributed by atoms with E-state index in [0.717, 1.165) is 89.9 Å². The van der Waals surface area contributed by atoms with Crippen LogP contribution in [0.5, 0.6) is 11.5 Å². The SMILES string of the molecule is CC[C@@H]1C(=O)N(C)c2cnc(Nc3ccc(C(=O)NC4CCN(CCOC5CCN(c6ncc(C(=O)NC7C(C)(C)C(Oc8ccc(C#N)c(Cl)c8)C7(C)C)cn6)CC5)CC4)cc3OC)nc2N1C1CCCC1. The van der Waals surface area contributed by atoms with Crippen LogP contribution >= 0.6 is 11.6 Å². The van der Waals surface area contributed by atoms with E-state index in [-0.39, 0.29) is 54.1 Å². The summed E-state index contributed by atoms with van der Waals surface area (Å²) in [6, 6.07) is 12.4. The Morgan fingerprint density at radius 3 is 2.23 bits per heavy atom. The van der Waals surface area contributed by atoms with Crippen molar-refractivity contribution in [2.24, 2.45) is 10.8 Å². The number of piperidine rings is 2. The number of nitriles is 1. The van der Waals surface area contributed by atoms with Gasteiger partial charge in [-0.2, -0.15) is 10.2 Å². The lowest BCUT2D eigenvalue weighted by molar-refractivity contribution is -0.164. The number of likely N-dealkylation sites (N-methyl/N-ethyl adjacent to an activating group) is 1. The Labute approximate surface area is 433 Å². The van der Waals surface area contributed by atoms with Gasteiger partial charge >= 0.3 is 0 Å². The van der Waals surface area contributed by atoms with Gasteiger partial charge in [-0.05, 0) is 75.3 Å². The Morgan fingerprint density at radius 1 is 0.877 bits per heavy atom. The smallest absolute Gasteiger partial charge is 0.254 e. The first-order chi connectivity index (χ1) is 35.1. The van der Waals surface area contributed by atoms with E-state index >= 15 is 0 Å². The average Bonchev–Trinajstić information content (AvgIpc) is 3.93. The van der Waals surface area contributed by atoms with Gasteiger partial charge in [0.25, 0.3) is 11.8 Å². The highest BCUT2D eigenvalue weighted by Crippen LogP contribution is 2.55. The maximum Gasteiger partial charge on any atom is 0.254 e. The molecular weight excluding hydrogens is 948 g/mol. The number of ether oxygens (including phenoxy) is 3. The van der Waals surface area contributed by atoms with Crippen molar-refractivity contribution in [1.29, 1.82) is 5.26 Å². The van der Waals surface area contributed by atoms with Crippen molar-refractivity contribution in [2.75, 3.05) is 73.5 Å². The highest BCUT2D eigenvalue weighted by atomic mass is 35.5. The molecule has 18 nitrogen and oxygen atoms in total. The van der Waals surface area contributed by atoms with E-state index in [4.69, 9.17) is 30.8 Å². The van der Waals surface area contributed by atoms with Gasteiger partial charge in [0.1, 0.15) is 35.4 Å². The number of fused-ring (bicyclic) bond motifs is 1.